The molecule has 0 saturated carbocycles. The molecule has 0 spiro atoms. The van der Waals surface area contributed by atoms with Crippen molar-refractivity contribution < 1.29 is 9.53 Å². The summed E-state index contributed by atoms with van der Waals surface area (Å²) in [5.74, 6) is 0.372. The number of carbonyl (C=O) groups excluding carboxylic acids is 1. The number of halogens is 1. The van der Waals surface area contributed by atoms with Crippen LogP contribution in [-0.2, 0) is 4.79 Å². The minimum absolute atomic E-state index is 0.00125. The van der Waals surface area contributed by atoms with E-state index in [2.05, 4.69) is 5.32 Å². The highest BCUT2D eigenvalue weighted by atomic mass is 35.5. The highest BCUT2D eigenvalue weighted by Gasteiger charge is 2.19. The number of carbonyl (C=O) groups is 1. The van der Waals surface area contributed by atoms with Gasteiger partial charge in [-0.05, 0) is 69.2 Å². The van der Waals surface area contributed by atoms with Crippen LogP contribution in [0.2, 0.25) is 5.02 Å². The van der Waals surface area contributed by atoms with Crippen molar-refractivity contribution in [2.24, 2.45) is 0 Å². The van der Waals surface area contributed by atoms with Crippen molar-refractivity contribution in [3.05, 3.63) is 56.7 Å². The highest BCUT2D eigenvalue weighted by molar-refractivity contribution is 7.16. The van der Waals surface area contributed by atoms with E-state index in [1.165, 1.54) is 11.3 Å². The number of fused-ring (bicyclic) bond motifs is 1. The molecule has 148 valence electrons. The number of thiazole rings is 1. The third-order valence-electron chi connectivity index (χ3n) is 4.47. The highest BCUT2D eigenvalue weighted by Crippen LogP contribution is 2.25. The number of rotatable bonds is 6. The number of hydrogen-bond acceptors (Lipinski definition) is 4. The second-order valence-corrected chi connectivity index (χ2v) is 8.33. The Morgan fingerprint density at radius 3 is 2.64 bits per heavy atom. The largest absolute Gasteiger partial charge is 0.481 e. The lowest BCUT2D eigenvalue weighted by atomic mass is 10.2. The first-order valence-corrected chi connectivity index (χ1v) is 10.4. The first-order chi connectivity index (χ1) is 13.3. The summed E-state index contributed by atoms with van der Waals surface area (Å²) >= 11 is 7.22. The van der Waals surface area contributed by atoms with Crippen LogP contribution in [0.5, 0.6) is 5.75 Å². The van der Waals surface area contributed by atoms with Gasteiger partial charge in [0.15, 0.2) is 6.10 Å². The molecule has 0 fully saturated rings. The summed E-state index contributed by atoms with van der Waals surface area (Å²) in [6, 6.07) is 10.9. The van der Waals surface area contributed by atoms with Crippen molar-refractivity contribution >= 4 is 44.7 Å². The van der Waals surface area contributed by atoms with Gasteiger partial charge in [-0.25, -0.2) is 0 Å². The van der Waals surface area contributed by atoms with E-state index in [4.69, 9.17) is 16.3 Å². The fourth-order valence-electron chi connectivity index (χ4n) is 3.00. The molecule has 28 heavy (non-hydrogen) atoms. The van der Waals surface area contributed by atoms with Crippen LogP contribution in [0.4, 0.5) is 5.69 Å². The molecule has 1 atom stereocenters. The molecule has 1 N–H and O–H groups in total. The zero-order chi connectivity index (χ0) is 20.4. The van der Waals surface area contributed by atoms with Crippen LogP contribution in [0.15, 0.2) is 41.2 Å². The lowest BCUT2D eigenvalue weighted by molar-refractivity contribution is -0.122. The molecule has 1 amide bonds. The Kier molecular flexibility index (Phi) is 6.10. The zero-order valence-corrected chi connectivity index (χ0v) is 17.9. The number of ether oxygens (including phenoxy) is 1. The minimum atomic E-state index is -0.629. The molecule has 0 radical (unpaired) electrons. The quantitative estimate of drug-likeness (QED) is 0.582. The Balaban J connectivity index is 1.78. The van der Waals surface area contributed by atoms with Crippen molar-refractivity contribution in [2.45, 2.75) is 46.3 Å². The van der Waals surface area contributed by atoms with Crippen molar-refractivity contribution in [1.82, 2.24) is 4.57 Å². The number of nitrogens with zero attached hydrogens (tertiary/aromatic N) is 1. The van der Waals surface area contributed by atoms with E-state index in [1.54, 1.807) is 16.7 Å². The Morgan fingerprint density at radius 1 is 1.25 bits per heavy atom. The fourth-order valence-corrected chi connectivity index (χ4v) is 4.17. The van der Waals surface area contributed by atoms with Gasteiger partial charge in [-0.2, -0.15) is 0 Å². The van der Waals surface area contributed by atoms with E-state index < -0.39 is 6.10 Å². The van der Waals surface area contributed by atoms with E-state index >= 15 is 0 Å². The number of benzene rings is 2. The average molecular weight is 419 g/mol. The summed E-state index contributed by atoms with van der Waals surface area (Å²) in [4.78, 5) is 24.9. The summed E-state index contributed by atoms with van der Waals surface area (Å²) in [5.41, 5.74) is 2.41. The zero-order valence-electron chi connectivity index (χ0n) is 16.3. The van der Waals surface area contributed by atoms with Gasteiger partial charge in [0.2, 0.25) is 0 Å². The molecule has 1 heterocycles. The molecule has 0 unspecified atom stereocenters. The monoisotopic (exact) mass is 418 g/mol. The minimum Gasteiger partial charge on any atom is -0.481 e. The molecular formula is C21H23ClN2O3S. The molecular weight excluding hydrogens is 396 g/mol. The smallest absolute Gasteiger partial charge is 0.308 e. The molecule has 0 aliphatic carbocycles. The molecule has 5 nitrogen and oxygen atoms in total. The van der Waals surface area contributed by atoms with Gasteiger partial charge in [-0.15, -0.1) is 0 Å². The third-order valence-corrected chi connectivity index (χ3v) is 5.81. The van der Waals surface area contributed by atoms with Gasteiger partial charge in [0.05, 0.1) is 10.2 Å². The van der Waals surface area contributed by atoms with Crippen LogP contribution < -0.4 is 14.9 Å². The lowest BCUT2D eigenvalue weighted by Gasteiger charge is -2.18. The van der Waals surface area contributed by atoms with E-state index in [-0.39, 0.29) is 16.8 Å². The van der Waals surface area contributed by atoms with Crippen molar-refractivity contribution in [2.75, 3.05) is 5.32 Å². The Morgan fingerprint density at radius 2 is 2.00 bits per heavy atom. The molecule has 3 rings (SSSR count). The van der Waals surface area contributed by atoms with Crippen LogP contribution in [0.25, 0.3) is 10.2 Å². The summed E-state index contributed by atoms with van der Waals surface area (Å²) in [5, 5.41) is 3.55. The molecule has 1 aromatic heterocycles. The predicted molar refractivity (Wildman–Crippen MR) is 116 cm³/mol. The summed E-state index contributed by atoms with van der Waals surface area (Å²) in [6.07, 6.45) is -0.109. The lowest BCUT2D eigenvalue weighted by Crippen LogP contribution is -2.32. The molecule has 0 saturated heterocycles. The topological polar surface area (TPSA) is 60.3 Å². The van der Waals surface area contributed by atoms with Crippen LogP contribution in [-0.4, -0.2) is 16.6 Å². The van der Waals surface area contributed by atoms with Crippen LogP contribution in [0.3, 0.4) is 0 Å². The standard InChI is InChI=1S/C21H23ClN2O3S/c1-5-18(27-15-7-8-16(22)13(4)10-15)20(25)23-14-6-9-17-19(11-14)28-21(26)24(17)12(2)3/h6-12,18H,5H2,1-4H3,(H,23,25)/t18-/m0/s1. The Hall–Kier alpha value is -2.31. The van der Waals surface area contributed by atoms with Gasteiger partial charge >= 0.3 is 4.87 Å². The second kappa shape index (κ2) is 8.37. The van der Waals surface area contributed by atoms with E-state index in [9.17, 15) is 9.59 Å². The summed E-state index contributed by atoms with van der Waals surface area (Å²) < 4.78 is 8.46. The van der Waals surface area contributed by atoms with Gasteiger partial charge in [0.1, 0.15) is 5.75 Å². The van der Waals surface area contributed by atoms with Gasteiger partial charge in [0.25, 0.3) is 5.91 Å². The first-order valence-electron chi connectivity index (χ1n) is 9.19. The first kappa shape index (κ1) is 20.4. The van der Waals surface area contributed by atoms with E-state index in [0.29, 0.717) is 22.9 Å². The predicted octanol–water partition coefficient (Wildman–Crippen LogP) is 5.40. The molecule has 0 bridgehead atoms. The molecule has 0 aliphatic rings. The number of aryl methyl sites for hydroxylation is 1. The molecule has 2 aromatic carbocycles. The number of anilines is 1. The number of hydrogen-bond donors (Lipinski definition) is 1. The van der Waals surface area contributed by atoms with Gasteiger partial charge < -0.3 is 10.1 Å². The van der Waals surface area contributed by atoms with Gasteiger partial charge in [0, 0.05) is 16.8 Å². The molecule has 7 heteroatoms. The SMILES string of the molecule is CC[C@H](Oc1ccc(Cl)c(C)c1)C(=O)Nc1ccc2c(c1)sc(=O)n2C(C)C. The maximum absolute atomic E-state index is 12.7. The Bertz CT molecular complexity index is 1070. The van der Waals surface area contributed by atoms with Crippen molar-refractivity contribution in [3.8, 4) is 5.75 Å². The average Bonchev–Trinajstić information content (AvgIpc) is 2.97. The Labute approximate surface area is 172 Å². The number of nitrogens with one attached hydrogen (secondary N) is 1. The molecule has 3 aromatic rings. The van der Waals surface area contributed by atoms with E-state index in [1.807, 2.05) is 52.0 Å². The maximum atomic E-state index is 12.7. The third kappa shape index (κ3) is 4.23. The van der Waals surface area contributed by atoms with Gasteiger partial charge in [-0.3, -0.25) is 14.2 Å². The number of amides is 1. The maximum Gasteiger partial charge on any atom is 0.308 e. The van der Waals surface area contributed by atoms with Crippen LogP contribution >= 0.6 is 22.9 Å². The van der Waals surface area contributed by atoms with Crippen molar-refractivity contribution in [3.63, 3.8) is 0 Å². The molecule has 0 aliphatic heterocycles. The summed E-state index contributed by atoms with van der Waals surface area (Å²) in [6.45, 7) is 7.74. The van der Waals surface area contributed by atoms with Crippen LogP contribution in [0.1, 0.15) is 38.8 Å². The normalized spacial score (nSPS) is 12.4. The van der Waals surface area contributed by atoms with Crippen molar-refractivity contribution in [1.29, 1.82) is 0 Å². The summed E-state index contributed by atoms with van der Waals surface area (Å²) in [7, 11) is 0. The fraction of sp³-hybridized carbons (Fsp3) is 0.333. The van der Waals surface area contributed by atoms with Crippen LogP contribution in [0, 0.1) is 6.92 Å². The second-order valence-electron chi connectivity index (χ2n) is 6.93. The van der Waals surface area contributed by atoms with Gasteiger partial charge in [-0.1, -0.05) is 29.9 Å². The number of aromatic nitrogens is 1. The van der Waals surface area contributed by atoms with E-state index in [0.717, 1.165) is 15.8 Å².